The highest BCUT2D eigenvalue weighted by molar-refractivity contribution is 5.76. The van der Waals surface area contributed by atoms with Crippen LogP contribution < -0.4 is 5.32 Å². The molecular weight excluding hydrogens is 875 g/mol. The van der Waals surface area contributed by atoms with Gasteiger partial charge in [0.05, 0.1) is 25.4 Å². The van der Waals surface area contributed by atoms with Crippen molar-refractivity contribution in [1.82, 2.24) is 5.32 Å². The van der Waals surface area contributed by atoms with E-state index < -0.39 is 12.1 Å². The fourth-order valence-corrected chi connectivity index (χ4v) is 9.77. The average molecular weight is 999 g/mol. The summed E-state index contributed by atoms with van der Waals surface area (Å²) in [5.41, 5.74) is 0. The lowest BCUT2D eigenvalue weighted by Crippen LogP contribution is -2.45. The van der Waals surface area contributed by atoms with E-state index in [2.05, 4.69) is 43.5 Å². The van der Waals surface area contributed by atoms with Crippen LogP contribution in [-0.4, -0.2) is 47.4 Å². The van der Waals surface area contributed by atoms with Gasteiger partial charge in [0.2, 0.25) is 5.91 Å². The summed E-state index contributed by atoms with van der Waals surface area (Å²) in [5.74, 6) is -0.0805. The Kier molecular flexibility index (Phi) is 59.0. The van der Waals surface area contributed by atoms with E-state index in [1.165, 1.54) is 263 Å². The molecule has 6 heteroatoms. The van der Waals surface area contributed by atoms with Crippen molar-refractivity contribution in [2.45, 2.75) is 353 Å². The van der Waals surface area contributed by atoms with Gasteiger partial charge in [-0.1, -0.05) is 307 Å². The summed E-state index contributed by atoms with van der Waals surface area (Å²) in [4.78, 5) is 24.6. The molecule has 3 N–H and O–H groups in total. The zero-order valence-electron chi connectivity index (χ0n) is 47.7. The number of aliphatic hydroxyl groups is 2. The van der Waals surface area contributed by atoms with Crippen LogP contribution in [0.5, 0.6) is 0 Å². The molecule has 6 nitrogen and oxygen atoms in total. The average Bonchev–Trinajstić information content (AvgIpc) is 3.37. The second-order valence-electron chi connectivity index (χ2n) is 21.7. The number of carbonyl (C=O) groups is 2. The summed E-state index contributed by atoms with van der Waals surface area (Å²) in [6, 6.07) is -0.634. The van der Waals surface area contributed by atoms with Crippen LogP contribution in [0.4, 0.5) is 0 Å². The van der Waals surface area contributed by atoms with Gasteiger partial charge in [-0.2, -0.15) is 0 Å². The molecule has 0 aliphatic rings. The lowest BCUT2D eigenvalue weighted by Gasteiger charge is -2.20. The van der Waals surface area contributed by atoms with E-state index >= 15 is 0 Å². The van der Waals surface area contributed by atoms with Gasteiger partial charge in [0.15, 0.2) is 0 Å². The number of ether oxygens (including phenoxy) is 1. The minimum atomic E-state index is -0.850. The van der Waals surface area contributed by atoms with E-state index in [1.807, 2.05) is 6.08 Å². The summed E-state index contributed by atoms with van der Waals surface area (Å²) in [7, 11) is 0. The van der Waals surface area contributed by atoms with Gasteiger partial charge in [0.1, 0.15) is 0 Å². The third-order valence-electron chi connectivity index (χ3n) is 14.7. The zero-order valence-corrected chi connectivity index (χ0v) is 47.7. The Labute approximate surface area is 443 Å². The Bertz CT molecular complexity index is 1150. The molecule has 0 aromatic carbocycles. The molecule has 1 amide bonds. The fraction of sp³-hybridized carbons (Fsp3) is 0.877. The molecular formula is C65H123NO5. The van der Waals surface area contributed by atoms with Crippen LogP contribution >= 0.6 is 0 Å². The molecule has 418 valence electrons. The number of carbonyl (C=O) groups excluding carboxylic acids is 2. The van der Waals surface area contributed by atoms with Crippen molar-refractivity contribution < 1.29 is 24.5 Å². The van der Waals surface area contributed by atoms with Crippen molar-refractivity contribution in [2.24, 2.45) is 0 Å². The first-order chi connectivity index (χ1) is 35.0. The molecule has 0 aromatic heterocycles. The van der Waals surface area contributed by atoms with E-state index in [-0.39, 0.29) is 18.5 Å². The van der Waals surface area contributed by atoms with Gasteiger partial charge >= 0.3 is 5.97 Å². The number of hydrogen-bond donors (Lipinski definition) is 3. The van der Waals surface area contributed by atoms with Crippen LogP contribution in [0.2, 0.25) is 0 Å². The molecule has 0 aliphatic heterocycles. The van der Waals surface area contributed by atoms with Crippen molar-refractivity contribution in [3.05, 3.63) is 36.5 Å². The van der Waals surface area contributed by atoms with Crippen LogP contribution in [0.1, 0.15) is 341 Å². The Hall–Kier alpha value is -1.92. The van der Waals surface area contributed by atoms with Crippen molar-refractivity contribution in [1.29, 1.82) is 0 Å². The molecule has 0 saturated carbocycles. The standard InChI is InChI=1S/C65H123NO5/c1-3-5-7-9-11-13-15-17-19-20-21-22-23-24-25-27-30-33-37-41-45-49-53-57-63(68)62(61-67)66-64(69)58-54-50-46-42-38-34-31-28-26-29-32-36-40-44-48-52-56-60-71-65(70)59-55-51-47-43-39-35-18-16-14-12-10-8-6-4-2/h10,12,16,18,53,57,62-63,67-68H,3-9,11,13-15,17,19-52,54-56,58-61H2,1-2H3,(H,66,69)/b12-10-,18-16-,57-53+. The summed E-state index contributed by atoms with van der Waals surface area (Å²) < 4.78 is 5.47. The van der Waals surface area contributed by atoms with Crippen LogP contribution in [-0.2, 0) is 14.3 Å². The van der Waals surface area contributed by atoms with Gasteiger partial charge in [-0.05, 0) is 57.8 Å². The second-order valence-corrected chi connectivity index (χ2v) is 21.7. The van der Waals surface area contributed by atoms with Crippen LogP contribution in [0.15, 0.2) is 36.5 Å². The summed E-state index contributed by atoms with van der Waals surface area (Å²) >= 11 is 0. The maximum atomic E-state index is 12.5. The summed E-state index contributed by atoms with van der Waals surface area (Å²) in [5, 5.41) is 23.2. The Morgan fingerprint density at radius 2 is 0.718 bits per heavy atom. The van der Waals surface area contributed by atoms with Gasteiger partial charge in [-0.3, -0.25) is 9.59 Å². The molecule has 0 radical (unpaired) electrons. The normalized spacial score (nSPS) is 12.8. The quantitative estimate of drug-likeness (QED) is 0.0321. The van der Waals surface area contributed by atoms with Crippen molar-refractivity contribution in [2.75, 3.05) is 13.2 Å². The first kappa shape index (κ1) is 69.1. The molecule has 0 aromatic rings. The van der Waals surface area contributed by atoms with Crippen molar-refractivity contribution in [3.63, 3.8) is 0 Å². The first-order valence-electron chi connectivity index (χ1n) is 31.8. The highest BCUT2D eigenvalue weighted by Crippen LogP contribution is 2.18. The van der Waals surface area contributed by atoms with E-state index in [1.54, 1.807) is 6.08 Å². The number of unbranched alkanes of at least 4 members (excludes halogenated alkanes) is 44. The van der Waals surface area contributed by atoms with Gasteiger partial charge in [0.25, 0.3) is 0 Å². The van der Waals surface area contributed by atoms with Gasteiger partial charge < -0.3 is 20.3 Å². The molecule has 0 spiro atoms. The number of hydrogen-bond acceptors (Lipinski definition) is 5. The lowest BCUT2D eigenvalue weighted by atomic mass is 10.0. The van der Waals surface area contributed by atoms with Crippen molar-refractivity contribution >= 4 is 11.9 Å². The van der Waals surface area contributed by atoms with E-state index in [9.17, 15) is 19.8 Å². The predicted molar refractivity (Wildman–Crippen MR) is 310 cm³/mol. The van der Waals surface area contributed by atoms with Crippen LogP contribution in [0, 0.1) is 0 Å². The van der Waals surface area contributed by atoms with Crippen molar-refractivity contribution in [3.8, 4) is 0 Å². The number of nitrogens with one attached hydrogen (secondary N) is 1. The lowest BCUT2D eigenvalue weighted by molar-refractivity contribution is -0.143. The van der Waals surface area contributed by atoms with Crippen LogP contribution in [0.3, 0.4) is 0 Å². The smallest absolute Gasteiger partial charge is 0.305 e. The topological polar surface area (TPSA) is 95.9 Å². The second kappa shape index (κ2) is 60.6. The maximum Gasteiger partial charge on any atom is 0.305 e. The molecule has 0 heterocycles. The molecule has 71 heavy (non-hydrogen) atoms. The third-order valence-corrected chi connectivity index (χ3v) is 14.7. The Morgan fingerprint density at radius 1 is 0.394 bits per heavy atom. The minimum Gasteiger partial charge on any atom is -0.466 e. The SMILES string of the molecule is CCCC/C=C\C/C=C\CCCCCCCC(=O)OCCCCCCCCCCCCCCCCCCCC(=O)NC(CO)C(O)/C=C/CCCCCCCCCCCCCCCCCCCCCCC. The third kappa shape index (κ3) is 57.2. The number of rotatable bonds is 59. The molecule has 0 aliphatic carbocycles. The van der Waals surface area contributed by atoms with E-state index in [4.69, 9.17) is 4.74 Å². The molecule has 0 fully saturated rings. The number of esters is 1. The molecule has 0 bridgehead atoms. The predicted octanol–water partition coefficient (Wildman–Crippen LogP) is 20.0. The molecule has 0 rings (SSSR count). The molecule has 0 saturated heterocycles. The Balaban J connectivity index is 3.46. The van der Waals surface area contributed by atoms with E-state index in [0.29, 0.717) is 19.4 Å². The highest BCUT2D eigenvalue weighted by atomic mass is 16.5. The summed E-state index contributed by atoms with van der Waals surface area (Å²) in [6.45, 7) is 4.87. The first-order valence-corrected chi connectivity index (χ1v) is 31.8. The largest absolute Gasteiger partial charge is 0.466 e. The minimum absolute atomic E-state index is 0.00978. The maximum absolute atomic E-state index is 12.5. The van der Waals surface area contributed by atoms with Crippen LogP contribution in [0.25, 0.3) is 0 Å². The Morgan fingerprint density at radius 3 is 1.11 bits per heavy atom. The van der Waals surface area contributed by atoms with E-state index in [0.717, 1.165) is 51.4 Å². The number of allylic oxidation sites excluding steroid dienone is 5. The van der Waals surface area contributed by atoms with Gasteiger partial charge in [0, 0.05) is 12.8 Å². The summed E-state index contributed by atoms with van der Waals surface area (Å²) in [6.07, 6.45) is 76.1. The van der Waals surface area contributed by atoms with Gasteiger partial charge in [-0.25, -0.2) is 0 Å². The number of amides is 1. The zero-order chi connectivity index (χ0) is 51.4. The number of aliphatic hydroxyl groups excluding tert-OH is 2. The molecule has 2 atom stereocenters. The highest BCUT2D eigenvalue weighted by Gasteiger charge is 2.18. The van der Waals surface area contributed by atoms with Gasteiger partial charge in [-0.15, -0.1) is 0 Å². The molecule has 2 unspecified atom stereocenters. The monoisotopic (exact) mass is 998 g/mol. The fourth-order valence-electron chi connectivity index (χ4n) is 9.77.